The first kappa shape index (κ1) is 29.7. The number of nitro benzene ring substituents is 1. The van der Waals surface area contributed by atoms with Crippen LogP contribution in [0, 0.1) is 10.1 Å². The average molecular weight is 574 g/mol. The van der Waals surface area contributed by atoms with E-state index in [4.69, 9.17) is 32.7 Å². The highest BCUT2D eigenvalue weighted by Gasteiger charge is 2.31. The van der Waals surface area contributed by atoms with Gasteiger partial charge in [-0.2, -0.15) is 0 Å². The minimum atomic E-state index is -0.867. The first-order chi connectivity index (χ1) is 18.7. The molecular weight excluding hydrogens is 545 g/mol. The van der Waals surface area contributed by atoms with Gasteiger partial charge in [-0.1, -0.05) is 66.5 Å². The number of rotatable bonds is 13. The quantitative estimate of drug-likeness (QED) is 0.215. The van der Waals surface area contributed by atoms with E-state index in [-0.39, 0.29) is 36.1 Å². The summed E-state index contributed by atoms with van der Waals surface area (Å²) in [6.45, 7) is 1.99. The molecule has 0 aliphatic carbocycles. The fourth-order valence-electron chi connectivity index (χ4n) is 3.88. The van der Waals surface area contributed by atoms with Gasteiger partial charge in [0.15, 0.2) is 6.61 Å². The van der Waals surface area contributed by atoms with Crippen LogP contribution in [-0.4, -0.2) is 47.9 Å². The average Bonchev–Trinajstić information content (AvgIpc) is 2.93. The van der Waals surface area contributed by atoms with Crippen molar-refractivity contribution < 1.29 is 24.0 Å². The maximum absolute atomic E-state index is 13.7. The Labute approximate surface area is 236 Å². The molecule has 0 fully saturated rings. The largest absolute Gasteiger partial charge is 0.490 e. The fourth-order valence-corrected chi connectivity index (χ4v) is 4.35. The number of nitro groups is 1. The lowest BCUT2D eigenvalue weighted by Crippen LogP contribution is -2.51. The molecule has 0 spiro atoms. The first-order valence-corrected chi connectivity index (χ1v) is 13.0. The van der Waals surface area contributed by atoms with Crippen LogP contribution in [0.3, 0.4) is 0 Å². The molecule has 206 valence electrons. The van der Waals surface area contributed by atoms with E-state index in [2.05, 4.69) is 5.32 Å². The summed E-state index contributed by atoms with van der Waals surface area (Å²) >= 11 is 12.5. The number of benzene rings is 3. The molecule has 0 saturated heterocycles. The van der Waals surface area contributed by atoms with Crippen molar-refractivity contribution in [3.63, 3.8) is 0 Å². The van der Waals surface area contributed by atoms with E-state index in [0.717, 1.165) is 12.0 Å². The van der Waals surface area contributed by atoms with Gasteiger partial charge in [-0.15, -0.1) is 0 Å². The Morgan fingerprint density at radius 1 is 1.08 bits per heavy atom. The Morgan fingerprint density at radius 2 is 1.82 bits per heavy atom. The van der Waals surface area contributed by atoms with Crippen LogP contribution in [0.15, 0.2) is 66.7 Å². The molecule has 0 aliphatic rings. The minimum Gasteiger partial charge on any atom is -0.490 e. The second-order valence-electron chi connectivity index (χ2n) is 8.63. The standard InChI is InChI=1S/C28H29Cl2N3O6/c1-3-13-31-28(35)25(14-19-7-5-4-6-8-19)32(17-20-9-10-21(29)15-23(20)30)27(34)18-39-22-11-12-24(33(36)37)26(16-22)38-2/h4-12,15-16,25H,3,13-14,17-18H2,1-2H3,(H,31,35). The van der Waals surface area contributed by atoms with E-state index in [1.807, 2.05) is 37.3 Å². The molecule has 9 nitrogen and oxygen atoms in total. The van der Waals surface area contributed by atoms with E-state index in [1.165, 1.54) is 30.2 Å². The number of halogens is 2. The van der Waals surface area contributed by atoms with Gasteiger partial charge in [-0.25, -0.2) is 0 Å². The topological polar surface area (TPSA) is 111 Å². The van der Waals surface area contributed by atoms with Crippen LogP contribution in [0.5, 0.6) is 11.5 Å². The highest BCUT2D eigenvalue weighted by Crippen LogP contribution is 2.31. The summed E-state index contributed by atoms with van der Waals surface area (Å²) in [6, 6.07) is 17.4. The third-order valence-electron chi connectivity index (χ3n) is 5.89. The molecule has 1 unspecified atom stereocenters. The lowest BCUT2D eigenvalue weighted by molar-refractivity contribution is -0.385. The fraction of sp³-hybridized carbons (Fsp3) is 0.286. The number of methoxy groups -OCH3 is 1. The Kier molecular flexibility index (Phi) is 11.0. The molecule has 0 saturated carbocycles. The van der Waals surface area contributed by atoms with E-state index in [0.29, 0.717) is 22.2 Å². The van der Waals surface area contributed by atoms with Crippen molar-refractivity contribution in [1.29, 1.82) is 0 Å². The molecule has 39 heavy (non-hydrogen) atoms. The highest BCUT2D eigenvalue weighted by atomic mass is 35.5. The van der Waals surface area contributed by atoms with Gasteiger partial charge >= 0.3 is 5.69 Å². The van der Waals surface area contributed by atoms with Gasteiger partial charge in [0.05, 0.1) is 12.0 Å². The van der Waals surface area contributed by atoms with Crippen LogP contribution < -0.4 is 14.8 Å². The SMILES string of the molecule is CCCNC(=O)C(Cc1ccccc1)N(Cc1ccc(Cl)cc1Cl)C(=O)COc1ccc([N+](=O)[O-])c(OC)c1. The lowest BCUT2D eigenvalue weighted by atomic mass is 10.0. The minimum absolute atomic E-state index is 0.00403. The van der Waals surface area contributed by atoms with Gasteiger partial charge in [0, 0.05) is 41.7 Å². The molecule has 0 radical (unpaired) electrons. The van der Waals surface area contributed by atoms with Gasteiger partial charge in [0.25, 0.3) is 5.91 Å². The molecule has 0 aromatic heterocycles. The number of carbonyl (C=O) groups is 2. The number of nitrogens with one attached hydrogen (secondary N) is 1. The zero-order valence-electron chi connectivity index (χ0n) is 21.6. The van der Waals surface area contributed by atoms with Crippen LogP contribution >= 0.6 is 23.2 Å². The third kappa shape index (κ3) is 8.33. The summed E-state index contributed by atoms with van der Waals surface area (Å²) in [5, 5.41) is 14.9. The molecule has 1 N–H and O–H groups in total. The number of nitrogens with zero attached hydrogens (tertiary/aromatic N) is 2. The summed E-state index contributed by atoms with van der Waals surface area (Å²) in [5.41, 5.74) is 1.24. The number of ether oxygens (including phenoxy) is 2. The maximum atomic E-state index is 13.7. The lowest BCUT2D eigenvalue weighted by Gasteiger charge is -2.31. The molecule has 11 heteroatoms. The molecular formula is C28H29Cl2N3O6. The van der Waals surface area contributed by atoms with E-state index in [1.54, 1.807) is 18.2 Å². The number of hydrogen-bond acceptors (Lipinski definition) is 6. The van der Waals surface area contributed by atoms with Crippen molar-refractivity contribution in [2.45, 2.75) is 32.4 Å². The van der Waals surface area contributed by atoms with E-state index in [9.17, 15) is 19.7 Å². The third-order valence-corrected chi connectivity index (χ3v) is 6.47. The molecule has 0 heterocycles. The Bertz CT molecular complexity index is 1310. The predicted octanol–water partition coefficient (Wildman–Crippen LogP) is 5.46. The highest BCUT2D eigenvalue weighted by molar-refractivity contribution is 6.35. The van der Waals surface area contributed by atoms with Crippen molar-refractivity contribution in [2.24, 2.45) is 0 Å². The second kappa shape index (κ2) is 14.4. The van der Waals surface area contributed by atoms with Gasteiger partial charge in [0.1, 0.15) is 11.8 Å². The van der Waals surface area contributed by atoms with Gasteiger partial charge in [-0.3, -0.25) is 19.7 Å². The van der Waals surface area contributed by atoms with Crippen molar-refractivity contribution in [1.82, 2.24) is 10.2 Å². The van der Waals surface area contributed by atoms with Crippen LogP contribution in [0.1, 0.15) is 24.5 Å². The Morgan fingerprint density at radius 3 is 2.46 bits per heavy atom. The zero-order valence-corrected chi connectivity index (χ0v) is 23.1. The van der Waals surface area contributed by atoms with E-state index >= 15 is 0 Å². The first-order valence-electron chi connectivity index (χ1n) is 12.2. The van der Waals surface area contributed by atoms with Gasteiger partial charge in [0.2, 0.25) is 11.7 Å². The summed E-state index contributed by atoms with van der Waals surface area (Å²) in [7, 11) is 1.30. The molecule has 0 aliphatic heterocycles. The van der Waals surface area contributed by atoms with Gasteiger partial charge in [-0.05, 0) is 35.7 Å². The molecule has 3 aromatic rings. The van der Waals surface area contributed by atoms with Crippen molar-refractivity contribution in [2.75, 3.05) is 20.3 Å². The summed E-state index contributed by atoms with van der Waals surface area (Å²) in [4.78, 5) is 39.1. The normalized spacial score (nSPS) is 11.4. The number of amides is 2. The summed E-state index contributed by atoms with van der Waals surface area (Å²) < 4.78 is 10.8. The zero-order chi connectivity index (χ0) is 28.4. The van der Waals surface area contributed by atoms with E-state index < -0.39 is 23.5 Å². The van der Waals surface area contributed by atoms with Gasteiger partial charge < -0.3 is 19.7 Å². The number of hydrogen-bond donors (Lipinski definition) is 1. The molecule has 3 aromatic carbocycles. The van der Waals surface area contributed by atoms with Crippen LogP contribution in [0.4, 0.5) is 5.69 Å². The molecule has 1 atom stereocenters. The molecule has 3 rings (SSSR count). The maximum Gasteiger partial charge on any atom is 0.311 e. The van der Waals surface area contributed by atoms with Crippen LogP contribution in [-0.2, 0) is 22.6 Å². The molecule has 0 bridgehead atoms. The Balaban J connectivity index is 1.93. The summed E-state index contributed by atoms with van der Waals surface area (Å²) in [6.07, 6.45) is 0.991. The van der Waals surface area contributed by atoms with Crippen molar-refractivity contribution >= 4 is 40.7 Å². The van der Waals surface area contributed by atoms with Crippen molar-refractivity contribution in [3.05, 3.63) is 98.0 Å². The van der Waals surface area contributed by atoms with Crippen molar-refractivity contribution in [3.8, 4) is 11.5 Å². The Hall–Kier alpha value is -3.82. The second-order valence-corrected chi connectivity index (χ2v) is 9.48. The number of carbonyl (C=O) groups excluding carboxylic acids is 2. The van der Waals surface area contributed by atoms with Crippen LogP contribution in [0.25, 0.3) is 0 Å². The predicted molar refractivity (Wildman–Crippen MR) is 149 cm³/mol. The van der Waals surface area contributed by atoms with Crippen LogP contribution in [0.2, 0.25) is 10.0 Å². The molecule has 2 amide bonds. The smallest absolute Gasteiger partial charge is 0.311 e. The summed E-state index contributed by atoms with van der Waals surface area (Å²) in [5.74, 6) is -0.594. The monoisotopic (exact) mass is 573 g/mol.